The zero-order valence-corrected chi connectivity index (χ0v) is 13.9. The Morgan fingerprint density at radius 1 is 1.56 bits per heavy atom. The quantitative estimate of drug-likeness (QED) is 0.772. The van der Waals surface area contributed by atoms with Crippen molar-refractivity contribution >= 4 is 17.6 Å². The molecule has 130 valence electrons. The molecule has 1 aliphatic rings. The van der Waals surface area contributed by atoms with Gasteiger partial charge in [-0.3, -0.25) is 25.1 Å². The molecule has 1 unspecified atom stereocenters. The van der Waals surface area contributed by atoms with Crippen LogP contribution in [0.3, 0.4) is 0 Å². The van der Waals surface area contributed by atoms with E-state index in [2.05, 4.69) is 16.0 Å². The maximum absolute atomic E-state index is 12.3. The first-order valence-corrected chi connectivity index (χ1v) is 7.79. The SMILES string of the molecule is Cc1nn(C)c(NNC(=O)C2CC(=O)N(Cc3ccco3)C2)c1C#N. The highest BCUT2D eigenvalue weighted by Gasteiger charge is 2.34. The average molecular weight is 342 g/mol. The third-order valence-corrected chi connectivity index (χ3v) is 4.15. The molecule has 0 bridgehead atoms. The lowest BCUT2D eigenvalue weighted by Crippen LogP contribution is -2.37. The standard InChI is InChI=1S/C16H18N6O3/c1-10-13(7-17)15(21(2)20-10)18-19-16(24)11-6-14(23)22(8-11)9-12-4-3-5-25-12/h3-5,11,18H,6,8-9H2,1-2H3,(H,19,24). The minimum atomic E-state index is -0.463. The molecule has 2 aromatic heterocycles. The Morgan fingerprint density at radius 3 is 3.04 bits per heavy atom. The van der Waals surface area contributed by atoms with Crippen molar-refractivity contribution in [1.29, 1.82) is 5.26 Å². The van der Waals surface area contributed by atoms with Crippen molar-refractivity contribution in [3.8, 4) is 6.07 Å². The van der Waals surface area contributed by atoms with E-state index in [-0.39, 0.29) is 18.2 Å². The number of aryl methyl sites for hydroxylation is 2. The molecule has 9 nitrogen and oxygen atoms in total. The Bertz CT molecular complexity index is 833. The van der Waals surface area contributed by atoms with Crippen LogP contribution in [0, 0.1) is 24.2 Å². The molecule has 25 heavy (non-hydrogen) atoms. The molecule has 3 rings (SSSR count). The van der Waals surface area contributed by atoms with Gasteiger partial charge in [0, 0.05) is 20.0 Å². The summed E-state index contributed by atoms with van der Waals surface area (Å²) in [5.74, 6) is 0.222. The van der Waals surface area contributed by atoms with Gasteiger partial charge in [0.1, 0.15) is 17.4 Å². The van der Waals surface area contributed by atoms with Gasteiger partial charge in [-0.2, -0.15) is 10.4 Å². The molecule has 1 atom stereocenters. The summed E-state index contributed by atoms with van der Waals surface area (Å²) in [6.07, 6.45) is 1.69. The van der Waals surface area contributed by atoms with Gasteiger partial charge in [-0.1, -0.05) is 0 Å². The number of aromatic nitrogens is 2. The fourth-order valence-corrected chi connectivity index (χ4v) is 2.85. The van der Waals surface area contributed by atoms with Crippen molar-refractivity contribution < 1.29 is 14.0 Å². The van der Waals surface area contributed by atoms with Crippen molar-refractivity contribution in [1.82, 2.24) is 20.1 Å². The highest BCUT2D eigenvalue weighted by molar-refractivity contribution is 5.89. The highest BCUT2D eigenvalue weighted by atomic mass is 16.3. The summed E-state index contributed by atoms with van der Waals surface area (Å²) in [7, 11) is 1.67. The predicted octanol–water partition coefficient (Wildman–Crippen LogP) is 0.685. The number of nitriles is 1. The minimum absolute atomic E-state index is 0.0920. The number of nitrogens with zero attached hydrogens (tertiary/aromatic N) is 4. The van der Waals surface area contributed by atoms with Crippen LogP contribution in [0.5, 0.6) is 0 Å². The van der Waals surface area contributed by atoms with Crippen molar-refractivity contribution in [2.24, 2.45) is 13.0 Å². The lowest BCUT2D eigenvalue weighted by atomic mass is 10.1. The first kappa shape index (κ1) is 16.6. The van der Waals surface area contributed by atoms with Crippen LogP contribution >= 0.6 is 0 Å². The van der Waals surface area contributed by atoms with Gasteiger partial charge < -0.3 is 9.32 Å². The molecule has 0 radical (unpaired) electrons. The maximum atomic E-state index is 12.3. The number of nitrogens with one attached hydrogen (secondary N) is 2. The van der Waals surface area contributed by atoms with E-state index < -0.39 is 5.92 Å². The van der Waals surface area contributed by atoms with Crippen LogP contribution in [0.4, 0.5) is 5.82 Å². The molecule has 1 aliphatic heterocycles. The molecule has 3 heterocycles. The van der Waals surface area contributed by atoms with E-state index in [1.54, 1.807) is 37.3 Å². The Kier molecular flexibility index (Phi) is 4.43. The molecule has 2 aromatic rings. The molecule has 2 amide bonds. The zero-order valence-electron chi connectivity index (χ0n) is 13.9. The number of hydrogen-bond acceptors (Lipinski definition) is 6. The van der Waals surface area contributed by atoms with Crippen LogP contribution in [0.2, 0.25) is 0 Å². The molecule has 9 heteroatoms. The Hall–Kier alpha value is -3.28. The minimum Gasteiger partial charge on any atom is -0.467 e. The molecule has 1 fully saturated rings. The van der Waals surface area contributed by atoms with Crippen LogP contribution in [-0.2, 0) is 23.2 Å². The molecule has 2 N–H and O–H groups in total. The second-order valence-corrected chi connectivity index (χ2v) is 5.91. The lowest BCUT2D eigenvalue weighted by molar-refractivity contribution is -0.129. The molecule has 0 aliphatic carbocycles. The lowest BCUT2D eigenvalue weighted by Gasteiger charge is -2.15. The zero-order chi connectivity index (χ0) is 18.0. The van der Waals surface area contributed by atoms with Crippen molar-refractivity contribution in [2.45, 2.75) is 19.9 Å². The fourth-order valence-electron chi connectivity index (χ4n) is 2.85. The molecule has 0 saturated carbocycles. The number of hydrogen-bond donors (Lipinski definition) is 2. The third kappa shape index (κ3) is 3.33. The average Bonchev–Trinajstić information content (AvgIpc) is 3.27. The second kappa shape index (κ2) is 6.68. The number of likely N-dealkylation sites (tertiary alicyclic amines) is 1. The van der Waals surface area contributed by atoms with Crippen molar-refractivity contribution in [3.63, 3.8) is 0 Å². The number of hydrazine groups is 1. The molecule has 0 spiro atoms. The summed E-state index contributed by atoms with van der Waals surface area (Å²) in [4.78, 5) is 26.0. The first-order chi connectivity index (χ1) is 12.0. The smallest absolute Gasteiger partial charge is 0.243 e. The van der Waals surface area contributed by atoms with Crippen LogP contribution in [-0.4, -0.2) is 33.0 Å². The number of anilines is 1. The summed E-state index contributed by atoms with van der Waals surface area (Å²) < 4.78 is 6.72. The van der Waals surface area contributed by atoms with Gasteiger partial charge in [-0.15, -0.1) is 0 Å². The first-order valence-electron chi connectivity index (χ1n) is 7.79. The van der Waals surface area contributed by atoms with Gasteiger partial charge in [-0.25, -0.2) is 0 Å². The molecule has 1 saturated heterocycles. The molecule has 0 aromatic carbocycles. The van der Waals surface area contributed by atoms with E-state index in [0.29, 0.717) is 35.9 Å². The van der Waals surface area contributed by atoms with Crippen LogP contribution in [0.1, 0.15) is 23.4 Å². The second-order valence-electron chi connectivity index (χ2n) is 5.91. The largest absolute Gasteiger partial charge is 0.467 e. The van der Waals surface area contributed by atoms with Crippen molar-refractivity contribution in [3.05, 3.63) is 35.4 Å². The molecular formula is C16H18N6O3. The van der Waals surface area contributed by atoms with Gasteiger partial charge in [0.05, 0.1) is 24.4 Å². The summed E-state index contributed by atoms with van der Waals surface area (Å²) >= 11 is 0. The van der Waals surface area contributed by atoms with E-state index in [1.165, 1.54) is 4.68 Å². The van der Waals surface area contributed by atoms with Crippen molar-refractivity contribution in [2.75, 3.05) is 12.0 Å². The predicted molar refractivity (Wildman–Crippen MR) is 86.7 cm³/mol. The summed E-state index contributed by atoms with van der Waals surface area (Å²) in [5.41, 5.74) is 6.24. The Labute approximate surface area is 144 Å². The van der Waals surface area contributed by atoms with Gasteiger partial charge in [-0.05, 0) is 19.1 Å². The van der Waals surface area contributed by atoms with E-state index >= 15 is 0 Å². The van der Waals surface area contributed by atoms with E-state index in [4.69, 9.17) is 9.68 Å². The number of furan rings is 1. The fraction of sp³-hybridized carbons (Fsp3) is 0.375. The number of rotatable bonds is 5. The van der Waals surface area contributed by atoms with Gasteiger partial charge in [0.25, 0.3) is 0 Å². The number of carbonyl (C=O) groups excluding carboxylic acids is 2. The van der Waals surface area contributed by atoms with Gasteiger partial charge >= 0.3 is 0 Å². The summed E-state index contributed by atoms with van der Waals surface area (Å²) in [6, 6.07) is 5.59. The normalized spacial score (nSPS) is 16.8. The van der Waals surface area contributed by atoms with Crippen LogP contribution in [0.25, 0.3) is 0 Å². The maximum Gasteiger partial charge on any atom is 0.243 e. The third-order valence-electron chi connectivity index (χ3n) is 4.15. The highest BCUT2D eigenvalue weighted by Crippen LogP contribution is 2.21. The van der Waals surface area contributed by atoms with Crippen LogP contribution < -0.4 is 10.9 Å². The van der Waals surface area contributed by atoms with Crippen LogP contribution in [0.15, 0.2) is 22.8 Å². The van der Waals surface area contributed by atoms with Gasteiger partial charge in [0.15, 0.2) is 5.82 Å². The van der Waals surface area contributed by atoms with E-state index in [1.807, 2.05) is 6.07 Å². The summed E-state index contributed by atoms with van der Waals surface area (Å²) in [6.45, 7) is 2.39. The monoisotopic (exact) mass is 342 g/mol. The Balaban J connectivity index is 1.59. The molecular weight excluding hydrogens is 324 g/mol. The Morgan fingerprint density at radius 2 is 2.36 bits per heavy atom. The van der Waals surface area contributed by atoms with E-state index in [0.717, 1.165) is 0 Å². The van der Waals surface area contributed by atoms with E-state index in [9.17, 15) is 9.59 Å². The summed E-state index contributed by atoms with van der Waals surface area (Å²) in [5, 5.41) is 13.3. The number of carbonyl (C=O) groups is 2. The van der Waals surface area contributed by atoms with Gasteiger partial charge in [0.2, 0.25) is 11.8 Å². The topological polar surface area (TPSA) is 116 Å². The number of amides is 2.